The first-order valence-electron chi connectivity index (χ1n) is 5.76. The minimum absolute atomic E-state index is 0.0822. The lowest BCUT2D eigenvalue weighted by atomic mass is 9.83. The summed E-state index contributed by atoms with van der Waals surface area (Å²) in [5.74, 6) is 0.507. The largest absolute Gasteiger partial charge is 0.289 e. The molecular formula is C11H13ClN2O4S. The van der Waals surface area contributed by atoms with E-state index in [1.165, 1.54) is 12.1 Å². The van der Waals surface area contributed by atoms with E-state index in [1.54, 1.807) is 0 Å². The monoisotopic (exact) mass is 304 g/mol. The van der Waals surface area contributed by atoms with Crippen LogP contribution < -0.4 is 4.72 Å². The summed E-state index contributed by atoms with van der Waals surface area (Å²) in [5.41, 5.74) is -0.411. The number of nitro groups is 1. The van der Waals surface area contributed by atoms with Gasteiger partial charge in [-0.2, -0.15) is 0 Å². The summed E-state index contributed by atoms with van der Waals surface area (Å²) >= 11 is 5.65. The fourth-order valence-electron chi connectivity index (χ4n) is 2.09. The van der Waals surface area contributed by atoms with Gasteiger partial charge in [0.1, 0.15) is 5.02 Å². The minimum Gasteiger partial charge on any atom is -0.258 e. The van der Waals surface area contributed by atoms with Crippen LogP contribution in [0.5, 0.6) is 0 Å². The molecular weight excluding hydrogens is 292 g/mol. The molecule has 0 unspecified atom stereocenters. The molecule has 0 aromatic heterocycles. The van der Waals surface area contributed by atoms with Crippen molar-refractivity contribution in [1.82, 2.24) is 4.72 Å². The summed E-state index contributed by atoms with van der Waals surface area (Å²) in [6.07, 6.45) is 1.57. The molecule has 1 fully saturated rings. The molecule has 0 saturated heterocycles. The van der Waals surface area contributed by atoms with Crippen LogP contribution in [0.25, 0.3) is 0 Å². The number of nitro benzene ring substituents is 1. The predicted molar refractivity (Wildman–Crippen MR) is 70.6 cm³/mol. The molecule has 0 aliphatic heterocycles. The van der Waals surface area contributed by atoms with E-state index in [9.17, 15) is 18.5 Å². The van der Waals surface area contributed by atoms with Gasteiger partial charge in [-0.05, 0) is 30.9 Å². The van der Waals surface area contributed by atoms with Gasteiger partial charge < -0.3 is 0 Å². The quantitative estimate of drug-likeness (QED) is 0.683. The predicted octanol–water partition coefficient (Wildman–Crippen LogP) is 2.33. The Morgan fingerprint density at radius 1 is 1.42 bits per heavy atom. The summed E-state index contributed by atoms with van der Waals surface area (Å²) in [7, 11) is -3.73. The highest BCUT2D eigenvalue weighted by Gasteiger charge is 2.30. The van der Waals surface area contributed by atoms with Crippen LogP contribution in [-0.2, 0) is 10.0 Å². The number of nitrogens with one attached hydrogen (secondary N) is 1. The van der Waals surface area contributed by atoms with E-state index in [1.807, 2.05) is 6.92 Å². The third-order valence-electron chi connectivity index (χ3n) is 3.12. The molecule has 1 aliphatic rings. The molecule has 0 bridgehead atoms. The van der Waals surface area contributed by atoms with Crippen molar-refractivity contribution in [2.75, 3.05) is 0 Å². The number of sulfonamides is 1. The molecule has 104 valence electrons. The molecule has 1 aliphatic carbocycles. The van der Waals surface area contributed by atoms with E-state index in [0.717, 1.165) is 18.9 Å². The zero-order valence-corrected chi connectivity index (χ0v) is 11.7. The first-order valence-corrected chi connectivity index (χ1v) is 7.62. The third kappa shape index (κ3) is 3.05. The number of benzene rings is 1. The number of halogens is 1. The van der Waals surface area contributed by atoms with E-state index in [-0.39, 0.29) is 16.0 Å². The van der Waals surface area contributed by atoms with E-state index >= 15 is 0 Å². The normalized spacial score (nSPS) is 22.8. The lowest BCUT2D eigenvalue weighted by Crippen LogP contribution is -2.43. The maximum atomic E-state index is 12.1. The highest BCUT2D eigenvalue weighted by molar-refractivity contribution is 7.89. The van der Waals surface area contributed by atoms with Crippen LogP contribution in [0.4, 0.5) is 5.69 Å². The summed E-state index contributed by atoms with van der Waals surface area (Å²) in [6.45, 7) is 2.04. The topological polar surface area (TPSA) is 89.3 Å². The van der Waals surface area contributed by atoms with Gasteiger partial charge in [0.15, 0.2) is 0 Å². The zero-order chi connectivity index (χ0) is 14.2. The third-order valence-corrected chi connectivity index (χ3v) is 4.96. The Kier molecular flexibility index (Phi) is 3.80. The maximum absolute atomic E-state index is 12.1. The van der Waals surface area contributed by atoms with Crippen LogP contribution in [-0.4, -0.2) is 19.4 Å². The fraction of sp³-hybridized carbons (Fsp3) is 0.455. The fourth-order valence-corrected chi connectivity index (χ4v) is 3.55. The van der Waals surface area contributed by atoms with E-state index in [0.29, 0.717) is 5.92 Å². The SMILES string of the molecule is CC1CC(NS(=O)(=O)c2ccc(Cl)c([N+](=O)[O-])c2)C1. The lowest BCUT2D eigenvalue weighted by Gasteiger charge is -2.32. The van der Waals surface area contributed by atoms with Gasteiger partial charge in [-0.3, -0.25) is 10.1 Å². The van der Waals surface area contributed by atoms with Crippen molar-refractivity contribution in [3.05, 3.63) is 33.3 Å². The van der Waals surface area contributed by atoms with Crippen LogP contribution in [0.3, 0.4) is 0 Å². The number of rotatable bonds is 4. The van der Waals surface area contributed by atoms with Crippen molar-refractivity contribution in [2.45, 2.75) is 30.7 Å². The second kappa shape index (κ2) is 5.07. The van der Waals surface area contributed by atoms with Gasteiger partial charge in [-0.25, -0.2) is 13.1 Å². The van der Waals surface area contributed by atoms with E-state index in [4.69, 9.17) is 11.6 Å². The van der Waals surface area contributed by atoms with Crippen molar-refractivity contribution in [3.63, 3.8) is 0 Å². The van der Waals surface area contributed by atoms with E-state index in [2.05, 4.69) is 4.72 Å². The second-order valence-electron chi connectivity index (χ2n) is 4.77. The summed E-state index contributed by atoms with van der Waals surface area (Å²) in [6, 6.07) is 3.37. The number of hydrogen-bond acceptors (Lipinski definition) is 4. The highest BCUT2D eigenvalue weighted by atomic mass is 35.5. The van der Waals surface area contributed by atoms with Gasteiger partial charge in [-0.15, -0.1) is 0 Å². The van der Waals surface area contributed by atoms with Gasteiger partial charge in [0.2, 0.25) is 10.0 Å². The smallest absolute Gasteiger partial charge is 0.258 e. The van der Waals surface area contributed by atoms with Crippen LogP contribution in [0, 0.1) is 16.0 Å². The minimum atomic E-state index is -3.73. The Balaban J connectivity index is 2.25. The Morgan fingerprint density at radius 2 is 2.05 bits per heavy atom. The zero-order valence-electron chi connectivity index (χ0n) is 10.2. The van der Waals surface area contributed by atoms with Gasteiger partial charge in [0, 0.05) is 12.1 Å². The first kappa shape index (κ1) is 14.2. The van der Waals surface area contributed by atoms with Crippen molar-refractivity contribution in [2.24, 2.45) is 5.92 Å². The Morgan fingerprint density at radius 3 is 2.58 bits per heavy atom. The molecule has 2 rings (SSSR count). The van der Waals surface area contributed by atoms with Gasteiger partial charge in [0.25, 0.3) is 5.69 Å². The van der Waals surface area contributed by atoms with Gasteiger partial charge in [0.05, 0.1) is 9.82 Å². The molecule has 1 aromatic carbocycles. The average molecular weight is 305 g/mol. The van der Waals surface area contributed by atoms with Crippen molar-refractivity contribution >= 4 is 27.3 Å². The Hall–Kier alpha value is -1.18. The van der Waals surface area contributed by atoms with Gasteiger partial charge >= 0.3 is 0 Å². The average Bonchev–Trinajstić information content (AvgIpc) is 2.26. The first-order chi connectivity index (χ1) is 8.79. The molecule has 0 radical (unpaired) electrons. The van der Waals surface area contributed by atoms with E-state index < -0.39 is 20.6 Å². The summed E-state index contributed by atoms with van der Waals surface area (Å²) in [5, 5.41) is 10.7. The molecule has 0 spiro atoms. The molecule has 0 atom stereocenters. The molecule has 1 aromatic rings. The molecule has 6 nitrogen and oxygen atoms in total. The Bertz CT molecular complexity index is 611. The highest BCUT2D eigenvalue weighted by Crippen LogP contribution is 2.30. The molecule has 0 amide bonds. The van der Waals surface area contributed by atoms with Crippen molar-refractivity contribution in [3.8, 4) is 0 Å². The molecule has 0 heterocycles. The molecule has 8 heteroatoms. The molecule has 1 saturated carbocycles. The molecule has 1 N–H and O–H groups in total. The standard InChI is InChI=1S/C11H13ClN2O4S/c1-7-4-8(5-7)13-19(17,18)9-2-3-10(12)11(6-9)14(15)16/h2-3,6-8,13H,4-5H2,1H3. The number of hydrogen-bond donors (Lipinski definition) is 1. The lowest BCUT2D eigenvalue weighted by molar-refractivity contribution is -0.384. The summed E-state index contributed by atoms with van der Waals surface area (Å²) in [4.78, 5) is 9.90. The van der Waals surface area contributed by atoms with Gasteiger partial charge in [-0.1, -0.05) is 18.5 Å². The Labute approximate surface area is 116 Å². The number of nitrogens with zero attached hydrogens (tertiary/aromatic N) is 1. The van der Waals surface area contributed by atoms with Crippen LogP contribution in [0.1, 0.15) is 19.8 Å². The molecule has 19 heavy (non-hydrogen) atoms. The van der Waals surface area contributed by atoms with Crippen LogP contribution in [0.2, 0.25) is 5.02 Å². The van der Waals surface area contributed by atoms with Crippen molar-refractivity contribution in [1.29, 1.82) is 0 Å². The summed E-state index contributed by atoms with van der Waals surface area (Å²) < 4.78 is 26.6. The van der Waals surface area contributed by atoms with Crippen LogP contribution in [0.15, 0.2) is 23.1 Å². The van der Waals surface area contributed by atoms with Crippen LogP contribution >= 0.6 is 11.6 Å². The second-order valence-corrected chi connectivity index (χ2v) is 6.89. The van der Waals surface area contributed by atoms with Crippen molar-refractivity contribution < 1.29 is 13.3 Å². The maximum Gasteiger partial charge on any atom is 0.289 e.